The lowest BCUT2D eigenvalue weighted by Crippen LogP contribution is -2.56. The van der Waals surface area contributed by atoms with Gasteiger partial charge in [0.15, 0.2) is 0 Å². The molecule has 49 heavy (non-hydrogen) atoms. The van der Waals surface area contributed by atoms with E-state index in [0.717, 1.165) is 29.7 Å². The highest BCUT2D eigenvalue weighted by Gasteiger charge is 2.75. The van der Waals surface area contributed by atoms with Crippen molar-refractivity contribution in [2.45, 2.75) is 76.2 Å². The topological polar surface area (TPSA) is 125 Å². The zero-order valence-corrected chi connectivity index (χ0v) is 29.6. The predicted molar refractivity (Wildman–Crippen MR) is 188 cm³/mol. The molecule has 0 radical (unpaired) electrons. The number of amides is 3. The molecule has 2 aromatic carbocycles. The van der Waals surface area contributed by atoms with Gasteiger partial charge in [-0.1, -0.05) is 83.4 Å². The van der Waals surface area contributed by atoms with Crippen molar-refractivity contribution in [1.82, 2.24) is 10.2 Å². The molecule has 2 aromatic rings. The third-order valence-electron chi connectivity index (χ3n) is 10.1. The lowest BCUT2D eigenvalue weighted by molar-refractivity contribution is -0.159. The maximum atomic E-state index is 15.1. The number of fused-ring (bicyclic) bond motifs is 2. The first-order valence-corrected chi connectivity index (χ1v) is 18.0. The number of nitrogens with zero attached hydrogens (tertiary/aromatic N) is 2. The zero-order chi connectivity index (χ0) is 34.7. The molecule has 2 N–H and O–H groups in total. The molecule has 260 valence electrons. The van der Waals surface area contributed by atoms with Gasteiger partial charge in [-0.2, -0.15) is 0 Å². The van der Waals surface area contributed by atoms with E-state index >= 15 is 4.79 Å². The highest BCUT2D eigenvalue weighted by Crippen LogP contribution is 2.59. The number of anilines is 1. The lowest BCUT2D eigenvalue weighted by atomic mass is 9.74. The van der Waals surface area contributed by atoms with Crippen LogP contribution in [0.5, 0.6) is 0 Å². The number of halogens is 1. The van der Waals surface area contributed by atoms with Gasteiger partial charge in [0.2, 0.25) is 11.8 Å². The number of aryl methyl sites for hydroxylation is 2. The summed E-state index contributed by atoms with van der Waals surface area (Å²) < 4.78 is 13.4. The summed E-state index contributed by atoms with van der Waals surface area (Å²) in [5.41, 5.74) is 1.91. The van der Waals surface area contributed by atoms with Crippen LogP contribution in [0.25, 0.3) is 0 Å². The number of carbonyl (C=O) groups is 4. The summed E-state index contributed by atoms with van der Waals surface area (Å²) in [6.45, 7) is 4.60. The van der Waals surface area contributed by atoms with Gasteiger partial charge >= 0.3 is 5.97 Å². The Morgan fingerprint density at radius 1 is 0.980 bits per heavy atom. The van der Waals surface area contributed by atoms with Gasteiger partial charge in [-0.3, -0.25) is 19.2 Å². The fraction of sp³-hybridized carbons (Fsp3) is 0.474. The average molecular weight is 735 g/mol. The number of ether oxygens (including phenoxy) is 2. The Morgan fingerprint density at radius 3 is 2.53 bits per heavy atom. The highest BCUT2D eigenvalue weighted by molar-refractivity contribution is 9.11. The molecule has 0 saturated carbocycles. The minimum Gasteiger partial charge on any atom is -0.455 e. The summed E-state index contributed by atoms with van der Waals surface area (Å²) in [4.78, 5) is 60.2. The molecular weight excluding hydrogens is 690 g/mol. The van der Waals surface area contributed by atoms with Crippen LogP contribution in [-0.2, 0) is 28.7 Å². The van der Waals surface area contributed by atoms with E-state index in [9.17, 15) is 19.5 Å². The number of aliphatic hydroxyl groups excluding tert-OH is 1. The van der Waals surface area contributed by atoms with Crippen molar-refractivity contribution < 1.29 is 33.8 Å². The van der Waals surface area contributed by atoms with Crippen molar-refractivity contribution in [2.75, 3.05) is 31.1 Å². The molecule has 4 aliphatic heterocycles. The molecule has 6 rings (SSSR count). The molecule has 0 aliphatic carbocycles. The Bertz CT molecular complexity index is 1640. The number of benzene rings is 2. The van der Waals surface area contributed by atoms with E-state index in [1.165, 1.54) is 0 Å². The fourth-order valence-corrected chi connectivity index (χ4v) is 8.38. The molecule has 3 amide bonds. The van der Waals surface area contributed by atoms with E-state index in [-0.39, 0.29) is 43.8 Å². The van der Waals surface area contributed by atoms with Gasteiger partial charge in [-0.15, -0.1) is 0 Å². The molecule has 2 fully saturated rings. The van der Waals surface area contributed by atoms with Crippen molar-refractivity contribution in [2.24, 2.45) is 11.8 Å². The Hall–Kier alpha value is -3.80. The van der Waals surface area contributed by atoms with Gasteiger partial charge in [0, 0.05) is 36.3 Å². The Labute approximate surface area is 295 Å². The summed E-state index contributed by atoms with van der Waals surface area (Å²) in [6, 6.07) is 14.1. The van der Waals surface area contributed by atoms with Crippen LogP contribution in [0.4, 0.5) is 5.69 Å². The van der Waals surface area contributed by atoms with Gasteiger partial charge in [0.05, 0.1) is 12.5 Å². The van der Waals surface area contributed by atoms with Crippen molar-refractivity contribution in [3.8, 4) is 0 Å². The number of hydrogen-bond acceptors (Lipinski definition) is 7. The van der Waals surface area contributed by atoms with E-state index in [0.29, 0.717) is 35.9 Å². The molecule has 1 spiro atoms. The number of unbranched alkanes of at least 4 members (excludes halogenated alkanes) is 3. The number of hydrogen-bond donors (Lipinski definition) is 2. The molecule has 6 atom stereocenters. The van der Waals surface area contributed by atoms with Gasteiger partial charge in [-0.25, -0.2) is 0 Å². The van der Waals surface area contributed by atoms with E-state index < -0.39 is 41.7 Å². The molecule has 0 aromatic heterocycles. The summed E-state index contributed by atoms with van der Waals surface area (Å²) in [5, 5.41) is 12.2. The quantitative estimate of drug-likeness (QED) is 0.227. The number of allylic oxidation sites excluding steroid dienone is 1. The van der Waals surface area contributed by atoms with Gasteiger partial charge in [0.25, 0.3) is 5.91 Å². The summed E-state index contributed by atoms with van der Waals surface area (Å²) >= 11 is 3.63. The zero-order valence-electron chi connectivity index (χ0n) is 28.0. The Kier molecular flexibility index (Phi) is 10.7. The van der Waals surface area contributed by atoms with Crippen molar-refractivity contribution in [3.05, 3.63) is 87.9 Å². The minimum absolute atomic E-state index is 0.0683. The summed E-state index contributed by atoms with van der Waals surface area (Å²) in [7, 11) is 0. The van der Waals surface area contributed by atoms with Gasteiger partial charge in [0.1, 0.15) is 29.8 Å². The van der Waals surface area contributed by atoms with Crippen molar-refractivity contribution >= 4 is 45.3 Å². The van der Waals surface area contributed by atoms with Crippen LogP contribution in [0.2, 0.25) is 0 Å². The monoisotopic (exact) mass is 733 g/mol. The number of rotatable bonds is 8. The van der Waals surface area contributed by atoms with E-state index in [2.05, 4.69) is 21.2 Å². The predicted octanol–water partition coefficient (Wildman–Crippen LogP) is 4.81. The fourth-order valence-electron chi connectivity index (χ4n) is 7.64. The van der Waals surface area contributed by atoms with Gasteiger partial charge < -0.3 is 29.7 Å². The first kappa shape index (κ1) is 35.0. The standard InChI is InChI=1S/C38H44BrN3O7/c1-24-16-17-25(2)28(21-24)41-18-11-6-9-15-30(44)40-23-29(26-13-7-5-8-14-26)48-37(47)31-32-35(45)42(19-10-3-4-12-20-43)34(36(41)46)38(32)22-27(39)33(31)49-38/h5-8,11,13-14,16-17,21-22,29,31-34,43H,3-4,9-10,12,15,18-20,23H2,1-2H3,(H,40,44)/b11-6-/t29-,31-,32+,33-,34-,38+/m1/s1. The second-order valence-electron chi connectivity index (χ2n) is 13.4. The van der Waals surface area contributed by atoms with Crippen LogP contribution in [-0.4, -0.2) is 77.7 Å². The molecule has 10 nitrogen and oxygen atoms in total. The third kappa shape index (κ3) is 6.85. The molecular formula is C38H44BrN3O7. The molecule has 4 heterocycles. The Morgan fingerprint density at radius 2 is 1.76 bits per heavy atom. The number of esters is 1. The van der Waals surface area contributed by atoms with Crippen LogP contribution >= 0.6 is 15.9 Å². The van der Waals surface area contributed by atoms with Crippen LogP contribution < -0.4 is 10.2 Å². The smallest absolute Gasteiger partial charge is 0.313 e. The molecule has 0 unspecified atom stereocenters. The molecule has 2 saturated heterocycles. The molecule has 11 heteroatoms. The van der Waals surface area contributed by atoms with Crippen LogP contribution in [0.15, 0.2) is 71.2 Å². The van der Waals surface area contributed by atoms with Crippen LogP contribution in [0.3, 0.4) is 0 Å². The van der Waals surface area contributed by atoms with Crippen LogP contribution in [0.1, 0.15) is 61.3 Å². The highest BCUT2D eigenvalue weighted by atomic mass is 79.9. The van der Waals surface area contributed by atoms with E-state index in [4.69, 9.17) is 9.47 Å². The second-order valence-corrected chi connectivity index (χ2v) is 14.3. The number of cyclic esters (lactones) is 1. The number of aliphatic hydroxyl groups is 1. The van der Waals surface area contributed by atoms with Crippen molar-refractivity contribution in [1.29, 1.82) is 0 Å². The van der Waals surface area contributed by atoms with E-state index in [1.807, 2.05) is 80.6 Å². The maximum Gasteiger partial charge on any atom is 0.313 e. The average Bonchev–Trinajstić information content (AvgIpc) is 3.68. The second kappa shape index (κ2) is 15.0. The normalized spacial score (nSPS) is 29.5. The largest absolute Gasteiger partial charge is 0.455 e. The van der Waals surface area contributed by atoms with Crippen LogP contribution in [0, 0.1) is 25.7 Å². The first-order chi connectivity index (χ1) is 23.7. The summed E-state index contributed by atoms with van der Waals surface area (Å²) in [5.74, 6) is -3.41. The maximum absolute atomic E-state index is 15.1. The van der Waals surface area contributed by atoms with E-state index in [1.54, 1.807) is 9.80 Å². The lowest BCUT2D eigenvalue weighted by Gasteiger charge is -2.36. The molecule has 4 aliphatic rings. The number of nitrogens with one attached hydrogen (secondary N) is 1. The third-order valence-corrected chi connectivity index (χ3v) is 10.7. The molecule has 5 bridgehead atoms. The number of likely N-dealkylation sites (tertiary alicyclic amines) is 1. The Balaban J connectivity index is 1.44. The first-order valence-electron chi connectivity index (χ1n) is 17.2. The SMILES string of the molecule is Cc1ccc(C)c(N2C/C=C\CCC(=O)NC[C@H](c3ccccc3)OC(=O)[C@H]3[C@@H]4O[C@@]5(C=C4Br)[C@@H]3C(=O)N(CCCCCCO)[C@@H]5C2=O)c1. The minimum atomic E-state index is -1.39. The van der Waals surface area contributed by atoms with Crippen molar-refractivity contribution in [3.63, 3.8) is 0 Å². The number of carbonyl (C=O) groups excluding carboxylic acids is 4. The van der Waals surface area contributed by atoms with Gasteiger partial charge in [-0.05, 0) is 61.9 Å². The summed E-state index contributed by atoms with van der Waals surface area (Å²) in [6.07, 6.45) is 7.52.